The van der Waals surface area contributed by atoms with E-state index in [4.69, 9.17) is 4.74 Å². The van der Waals surface area contributed by atoms with Crippen molar-refractivity contribution in [1.82, 2.24) is 9.88 Å². The van der Waals surface area contributed by atoms with Gasteiger partial charge in [0.1, 0.15) is 23.2 Å². The number of piperidine rings is 1. The first-order valence-corrected chi connectivity index (χ1v) is 8.72. The summed E-state index contributed by atoms with van der Waals surface area (Å²) in [6.45, 7) is 7.15. The van der Waals surface area contributed by atoms with E-state index in [1.807, 2.05) is 0 Å². The summed E-state index contributed by atoms with van der Waals surface area (Å²) in [5.74, 6) is -0.462. The van der Waals surface area contributed by atoms with Gasteiger partial charge in [-0.1, -0.05) is 6.07 Å². The number of likely N-dealkylation sites (tertiary alicyclic amines) is 1. The van der Waals surface area contributed by atoms with Gasteiger partial charge in [0, 0.05) is 6.54 Å². The number of nitrogens with one attached hydrogen (secondary N) is 1. The third kappa shape index (κ3) is 4.17. The fraction of sp³-hybridized carbons (Fsp3) is 0.611. The number of pyridine rings is 1. The number of aromatic nitrogens is 1. The molecule has 2 fully saturated rings. The number of ether oxygens (including phenoxy) is 1. The number of halogens is 3. The van der Waals surface area contributed by atoms with Crippen molar-refractivity contribution in [3.63, 3.8) is 0 Å². The minimum atomic E-state index is -4.61. The van der Waals surface area contributed by atoms with Crippen LogP contribution in [0.15, 0.2) is 12.1 Å². The number of aryl methyl sites for hydroxylation is 1. The zero-order valence-electron chi connectivity index (χ0n) is 15.6. The van der Waals surface area contributed by atoms with E-state index in [9.17, 15) is 22.8 Å². The van der Waals surface area contributed by atoms with Crippen LogP contribution in [-0.2, 0) is 15.7 Å². The third-order valence-corrected chi connectivity index (χ3v) is 4.68. The summed E-state index contributed by atoms with van der Waals surface area (Å²) >= 11 is 0. The van der Waals surface area contributed by atoms with Gasteiger partial charge >= 0.3 is 12.3 Å². The molecule has 0 unspecified atom stereocenters. The van der Waals surface area contributed by atoms with Crippen molar-refractivity contribution in [2.45, 2.75) is 51.9 Å². The molecule has 1 N–H and O–H groups in total. The van der Waals surface area contributed by atoms with Gasteiger partial charge in [-0.25, -0.2) is 9.78 Å². The topological polar surface area (TPSA) is 71.5 Å². The number of nitrogens with zero attached hydrogens (tertiary/aromatic N) is 2. The van der Waals surface area contributed by atoms with E-state index >= 15 is 0 Å². The van der Waals surface area contributed by atoms with Crippen LogP contribution < -0.4 is 5.32 Å². The lowest BCUT2D eigenvalue weighted by Gasteiger charge is -2.29. The van der Waals surface area contributed by atoms with Gasteiger partial charge in [-0.3, -0.25) is 9.69 Å². The minimum Gasteiger partial charge on any atom is -0.444 e. The van der Waals surface area contributed by atoms with E-state index in [0.29, 0.717) is 12.1 Å². The highest BCUT2D eigenvalue weighted by atomic mass is 19.4. The highest BCUT2D eigenvalue weighted by molar-refractivity contribution is 5.97. The zero-order chi connectivity index (χ0) is 20.1. The molecule has 1 saturated heterocycles. The molecule has 1 aromatic rings. The van der Waals surface area contributed by atoms with Gasteiger partial charge in [-0.05, 0) is 57.6 Å². The molecular weight excluding hydrogens is 363 g/mol. The summed E-state index contributed by atoms with van der Waals surface area (Å²) in [5, 5.41) is 2.47. The summed E-state index contributed by atoms with van der Waals surface area (Å²) in [6, 6.07) is 1.36. The number of amides is 2. The minimum absolute atomic E-state index is 0.00335. The maximum atomic E-state index is 12.9. The van der Waals surface area contributed by atoms with E-state index in [-0.39, 0.29) is 17.7 Å². The number of hydrogen-bond acceptors (Lipinski definition) is 4. The molecule has 2 aliphatic rings. The Morgan fingerprint density at radius 3 is 2.52 bits per heavy atom. The van der Waals surface area contributed by atoms with Crippen LogP contribution in [-0.4, -0.2) is 40.1 Å². The van der Waals surface area contributed by atoms with Gasteiger partial charge in [0.05, 0.1) is 0 Å². The molecule has 0 bridgehead atoms. The van der Waals surface area contributed by atoms with Crippen molar-refractivity contribution in [3.05, 3.63) is 23.4 Å². The smallest absolute Gasteiger partial charge is 0.433 e. The second-order valence-electron chi connectivity index (χ2n) is 8.09. The van der Waals surface area contributed by atoms with Crippen LogP contribution in [0.4, 0.5) is 23.8 Å². The molecule has 3 atom stereocenters. The van der Waals surface area contributed by atoms with Crippen LogP contribution in [0.5, 0.6) is 0 Å². The Kier molecular flexibility index (Phi) is 4.60. The predicted octanol–water partition coefficient (Wildman–Crippen LogP) is 3.60. The van der Waals surface area contributed by atoms with E-state index in [1.54, 1.807) is 27.7 Å². The molecule has 148 valence electrons. The normalized spacial score (nSPS) is 24.4. The van der Waals surface area contributed by atoms with Gasteiger partial charge in [-0.15, -0.1) is 0 Å². The van der Waals surface area contributed by atoms with E-state index in [2.05, 4.69) is 10.3 Å². The number of anilines is 1. The summed E-state index contributed by atoms with van der Waals surface area (Å²) in [6.07, 6.45) is -4.39. The molecule has 2 amide bonds. The molecule has 0 radical (unpaired) electrons. The maximum Gasteiger partial charge on any atom is 0.433 e. The number of carbonyl (C=O) groups is 2. The number of hydrogen-bond donors (Lipinski definition) is 1. The van der Waals surface area contributed by atoms with Crippen LogP contribution in [0.1, 0.15) is 38.4 Å². The third-order valence-electron chi connectivity index (χ3n) is 4.68. The molecule has 1 saturated carbocycles. The Balaban J connectivity index is 1.78. The van der Waals surface area contributed by atoms with E-state index < -0.39 is 35.5 Å². The molecule has 9 heteroatoms. The van der Waals surface area contributed by atoms with Crippen LogP contribution in [0, 0.1) is 18.8 Å². The first kappa shape index (κ1) is 19.4. The van der Waals surface area contributed by atoms with Crippen LogP contribution in [0.2, 0.25) is 0 Å². The standard InChI is InChI=1S/C18H22F3N3O3/c1-9-5-6-12(18(19,20)21)22-14(9)23-15(25)13-11-7-10(11)8-24(13)16(26)27-17(2,3)4/h5-6,10-11,13H,7-8H2,1-4H3,(H,22,23,25)/t10-,11-,13+/m1/s1. The van der Waals surface area contributed by atoms with Crippen molar-refractivity contribution in [1.29, 1.82) is 0 Å². The number of alkyl halides is 3. The Hall–Kier alpha value is -2.32. The Morgan fingerprint density at radius 2 is 1.93 bits per heavy atom. The summed E-state index contributed by atoms with van der Waals surface area (Å²) in [4.78, 5) is 30.1. The molecule has 1 aromatic heterocycles. The van der Waals surface area contributed by atoms with E-state index in [1.165, 1.54) is 11.0 Å². The Labute approximate surface area is 155 Å². The molecule has 2 heterocycles. The van der Waals surface area contributed by atoms with Crippen LogP contribution in [0.25, 0.3) is 0 Å². The fourth-order valence-corrected chi connectivity index (χ4v) is 3.31. The predicted molar refractivity (Wildman–Crippen MR) is 90.9 cm³/mol. The Bertz CT molecular complexity index is 773. The van der Waals surface area contributed by atoms with Gasteiger partial charge in [-0.2, -0.15) is 13.2 Å². The number of fused-ring (bicyclic) bond motifs is 1. The summed E-state index contributed by atoms with van der Waals surface area (Å²) < 4.78 is 44.0. The van der Waals surface area contributed by atoms with Gasteiger partial charge in [0.15, 0.2) is 0 Å². The monoisotopic (exact) mass is 385 g/mol. The average molecular weight is 385 g/mol. The lowest BCUT2D eigenvalue weighted by molar-refractivity contribution is -0.141. The van der Waals surface area contributed by atoms with Gasteiger partial charge in [0.2, 0.25) is 5.91 Å². The second kappa shape index (κ2) is 6.38. The molecule has 0 spiro atoms. The largest absolute Gasteiger partial charge is 0.444 e. The average Bonchev–Trinajstić information content (AvgIpc) is 3.16. The van der Waals surface area contributed by atoms with Crippen molar-refractivity contribution in [2.75, 3.05) is 11.9 Å². The van der Waals surface area contributed by atoms with Crippen molar-refractivity contribution in [2.24, 2.45) is 11.8 Å². The van der Waals surface area contributed by atoms with Gasteiger partial charge in [0.25, 0.3) is 0 Å². The SMILES string of the molecule is Cc1ccc(C(F)(F)F)nc1NC(=O)[C@@H]1[C@@H]2C[C@@H]2CN1C(=O)OC(C)(C)C. The Morgan fingerprint density at radius 1 is 1.26 bits per heavy atom. The molecular formula is C18H22F3N3O3. The highest BCUT2D eigenvalue weighted by Crippen LogP contribution is 2.50. The molecule has 1 aliphatic carbocycles. The van der Waals surface area contributed by atoms with Crippen LogP contribution >= 0.6 is 0 Å². The van der Waals surface area contributed by atoms with Crippen molar-refractivity contribution >= 4 is 17.8 Å². The molecule has 6 nitrogen and oxygen atoms in total. The lowest BCUT2D eigenvalue weighted by atomic mass is 10.1. The number of rotatable bonds is 2. The molecule has 0 aromatic carbocycles. The maximum absolute atomic E-state index is 12.9. The highest BCUT2D eigenvalue weighted by Gasteiger charge is 2.57. The first-order chi connectivity index (χ1) is 12.4. The quantitative estimate of drug-likeness (QED) is 0.844. The molecule has 1 aliphatic heterocycles. The summed E-state index contributed by atoms with van der Waals surface area (Å²) in [7, 11) is 0. The van der Waals surface area contributed by atoms with E-state index in [0.717, 1.165) is 12.5 Å². The second-order valence-corrected chi connectivity index (χ2v) is 8.09. The fourth-order valence-electron chi connectivity index (χ4n) is 3.31. The number of carbonyl (C=O) groups excluding carboxylic acids is 2. The molecule has 27 heavy (non-hydrogen) atoms. The lowest BCUT2D eigenvalue weighted by Crippen LogP contribution is -2.47. The summed E-state index contributed by atoms with van der Waals surface area (Å²) in [5.41, 5.74) is -1.38. The van der Waals surface area contributed by atoms with Crippen LogP contribution in [0.3, 0.4) is 0 Å². The first-order valence-electron chi connectivity index (χ1n) is 8.72. The zero-order valence-corrected chi connectivity index (χ0v) is 15.6. The van der Waals surface area contributed by atoms with Crippen molar-refractivity contribution < 1.29 is 27.5 Å². The van der Waals surface area contributed by atoms with Gasteiger partial charge < -0.3 is 10.1 Å². The molecule has 3 rings (SSSR count). The van der Waals surface area contributed by atoms with Crippen molar-refractivity contribution in [3.8, 4) is 0 Å².